The van der Waals surface area contributed by atoms with Gasteiger partial charge in [-0.1, -0.05) is 26.2 Å². The number of carbonyl (C=O) groups is 1. The van der Waals surface area contributed by atoms with Crippen LogP contribution in [0.2, 0.25) is 0 Å². The van der Waals surface area contributed by atoms with Crippen molar-refractivity contribution in [3.63, 3.8) is 0 Å². The van der Waals surface area contributed by atoms with E-state index in [4.69, 9.17) is 0 Å². The average molecular weight is 228 g/mol. The summed E-state index contributed by atoms with van der Waals surface area (Å²) in [5.41, 5.74) is -0.144. The van der Waals surface area contributed by atoms with Gasteiger partial charge in [-0.25, -0.2) is 0 Å². The zero-order chi connectivity index (χ0) is 12.6. The molecule has 0 bridgehead atoms. The molecule has 0 spiro atoms. The van der Waals surface area contributed by atoms with Crippen LogP contribution in [0.4, 0.5) is 0 Å². The Morgan fingerprint density at radius 3 is 2.31 bits per heavy atom. The van der Waals surface area contributed by atoms with Crippen LogP contribution in [-0.2, 0) is 4.79 Å². The molecule has 3 nitrogen and oxygen atoms in total. The highest BCUT2D eigenvalue weighted by atomic mass is 16.2. The van der Waals surface area contributed by atoms with Gasteiger partial charge >= 0.3 is 0 Å². The third kappa shape index (κ3) is 8.72. The van der Waals surface area contributed by atoms with Gasteiger partial charge in [-0.3, -0.25) is 4.79 Å². The van der Waals surface area contributed by atoms with Gasteiger partial charge in [0.1, 0.15) is 0 Å². The fraction of sp³-hybridized carbons (Fsp3) is 0.923. The highest BCUT2D eigenvalue weighted by Crippen LogP contribution is 2.00. The predicted octanol–water partition coefficient (Wildman–Crippen LogP) is 2.46. The number of unbranched alkanes of at least 4 members (excludes halogenated alkanes) is 3. The predicted molar refractivity (Wildman–Crippen MR) is 69.5 cm³/mol. The second-order valence-corrected chi connectivity index (χ2v) is 5.48. The molecule has 16 heavy (non-hydrogen) atoms. The monoisotopic (exact) mass is 228 g/mol. The highest BCUT2D eigenvalue weighted by molar-refractivity contribution is 5.81. The zero-order valence-electron chi connectivity index (χ0n) is 11.5. The highest BCUT2D eigenvalue weighted by Gasteiger charge is 2.18. The molecule has 0 aliphatic rings. The summed E-state index contributed by atoms with van der Waals surface area (Å²) in [6.07, 6.45) is 4.93. The molecule has 0 heterocycles. The van der Waals surface area contributed by atoms with E-state index in [0.29, 0.717) is 0 Å². The van der Waals surface area contributed by atoms with Crippen molar-refractivity contribution in [3.8, 4) is 0 Å². The zero-order valence-corrected chi connectivity index (χ0v) is 11.5. The molecule has 0 aromatic rings. The first-order valence-corrected chi connectivity index (χ1v) is 6.42. The molecule has 1 unspecified atom stereocenters. The normalized spacial score (nSPS) is 13.6. The lowest BCUT2D eigenvalue weighted by Crippen LogP contribution is -2.49. The summed E-state index contributed by atoms with van der Waals surface area (Å²) in [6.45, 7) is 11.0. The van der Waals surface area contributed by atoms with Gasteiger partial charge in [0.2, 0.25) is 5.91 Å². The Labute approximate surface area is 100 Å². The minimum absolute atomic E-state index is 0.0861. The minimum atomic E-state index is -0.144. The largest absolute Gasteiger partial charge is 0.350 e. The molecular formula is C13H28N2O. The standard InChI is InChI=1S/C13H28N2O/c1-6-7-8-9-10-14-11(2)12(16)15-13(3,4)5/h11,14H,6-10H2,1-5H3,(H,15,16). The number of nitrogens with one attached hydrogen (secondary N) is 2. The van der Waals surface area contributed by atoms with Crippen LogP contribution in [0, 0.1) is 0 Å². The van der Waals surface area contributed by atoms with E-state index in [2.05, 4.69) is 17.6 Å². The van der Waals surface area contributed by atoms with Gasteiger partial charge in [-0.15, -0.1) is 0 Å². The minimum Gasteiger partial charge on any atom is -0.350 e. The number of hydrogen-bond acceptors (Lipinski definition) is 2. The van der Waals surface area contributed by atoms with Gasteiger partial charge in [0.15, 0.2) is 0 Å². The summed E-state index contributed by atoms with van der Waals surface area (Å²) in [5.74, 6) is 0.0861. The Bertz CT molecular complexity index is 197. The Morgan fingerprint density at radius 2 is 1.81 bits per heavy atom. The molecule has 0 radical (unpaired) electrons. The average Bonchev–Trinajstić information content (AvgIpc) is 2.14. The van der Waals surface area contributed by atoms with E-state index < -0.39 is 0 Å². The maximum atomic E-state index is 11.7. The van der Waals surface area contributed by atoms with Crippen LogP contribution in [-0.4, -0.2) is 24.0 Å². The Balaban J connectivity index is 3.64. The number of hydrogen-bond donors (Lipinski definition) is 2. The van der Waals surface area contributed by atoms with E-state index in [-0.39, 0.29) is 17.5 Å². The quantitative estimate of drug-likeness (QED) is 0.657. The van der Waals surface area contributed by atoms with Crippen molar-refractivity contribution < 1.29 is 4.79 Å². The summed E-state index contributed by atoms with van der Waals surface area (Å²) >= 11 is 0. The van der Waals surface area contributed by atoms with Gasteiger partial charge in [0.25, 0.3) is 0 Å². The lowest BCUT2D eigenvalue weighted by atomic mass is 10.1. The summed E-state index contributed by atoms with van der Waals surface area (Å²) in [7, 11) is 0. The lowest BCUT2D eigenvalue weighted by molar-refractivity contribution is -0.124. The van der Waals surface area contributed by atoms with Crippen LogP contribution in [0.25, 0.3) is 0 Å². The van der Waals surface area contributed by atoms with Crippen molar-refractivity contribution in [2.24, 2.45) is 0 Å². The van der Waals surface area contributed by atoms with Crippen LogP contribution in [0.1, 0.15) is 60.3 Å². The first-order valence-electron chi connectivity index (χ1n) is 6.42. The molecule has 0 aromatic heterocycles. The van der Waals surface area contributed by atoms with Crippen LogP contribution in [0.15, 0.2) is 0 Å². The van der Waals surface area contributed by atoms with E-state index >= 15 is 0 Å². The van der Waals surface area contributed by atoms with Crippen LogP contribution in [0.5, 0.6) is 0 Å². The van der Waals surface area contributed by atoms with Crippen molar-refractivity contribution in [3.05, 3.63) is 0 Å². The Morgan fingerprint density at radius 1 is 1.19 bits per heavy atom. The molecule has 0 rings (SSSR count). The van der Waals surface area contributed by atoms with Gasteiger partial charge < -0.3 is 10.6 Å². The van der Waals surface area contributed by atoms with E-state index in [0.717, 1.165) is 13.0 Å². The lowest BCUT2D eigenvalue weighted by Gasteiger charge is -2.23. The number of carbonyl (C=O) groups excluding carboxylic acids is 1. The van der Waals surface area contributed by atoms with Crippen LogP contribution < -0.4 is 10.6 Å². The van der Waals surface area contributed by atoms with Crippen LogP contribution in [0.3, 0.4) is 0 Å². The second kappa shape index (κ2) is 7.66. The maximum absolute atomic E-state index is 11.7. The van der Waals surface area contributed by atoms with E-state index in [1.165, 1.54) is 19.3 Å². The molecule has 96 valence electrons. The molecule has 0 fully saturated rings. The fourth-order valence-corrected chi connectivity index (χ4v) is 1.44. The molecule has 1 amide bonds. The number of rotatable bonds is 7. The first-order chi connectivity index (χ1) is 7.37. The van der Waals surface area contributed by atoms with E-state index in [9.17, 15) is 4.79 Å². The summed E-state index contributed by atoms with van der Waals surface area (Å²) in [6, 6.07) is -0.0964. The van der Waals surface area contributed by atoms with Gasteiger partial charge in [0, 0.05) is 5.54 Å². The van der Waals surface area contributed by atoms with E-state index in [1.807, 2.05) is 27.7 Å². The molecule has 0 saturated heterocycles. The molecule has 0 aliphatic carbocycles. The summed E-state index contributed by atoms with van der Waals surface area (Å²) in [5, 5.41) is 6.22. The second-order valence-electron chi connectivity index (χ2n) is 5.48. The maximum Gasteiger partial charge on any atom is 0.237 e. The third-order valence-corrected chi connectivity index (χ3v) is 2.37. The topological polar surface area (TPSA) is 41.1 Å². The van der Waals surface area contributed by atoms with E-state index in [1.54, 1.807) is 0 Å². The van der Waals surface area contributed by atoms with Crippen molar-refractivity contribution in [1.82, 2.24) is 10.6 Å². The van der Waals surface area contributed by atoms with Crippen molar-refractivity contribution >= 4 is 5.91 Å². The van der Waals surface area contributed by atoms with Gasteiger partial charge in [-0.2, -0.15) is 0 Å². The fourth-order valence-electron chi connectivity index (χ4n) is 1.44. The van der Waals surface area contributed by atoms with Crippen LogP contribution >= 0.6 is 0 Å². The van der Waals surface area contributed by atoms with Gasteiger partial charge in [0.05, 0.1) is 6.04 Å². The molecule has 1 atom stereocenters. The Hall–Kier alpha value is -0.570. The molecule has 3 heteroatoms. The van der Waals surface area contributed by atoms with Crippen molar-refractivity contribution in [2.75, 3.05) is 6.54 Å². The summed E-state index contributed by atoms with van der Waals surface area (Å²) < 4.78 is 0. The molecular weight excluding hydrogens is 200 g/mol. The number of amides is 1. The molecule has 0 aromatic carbocycles. The van der Waals surface area contributed by atoms with Crippen molar-refractivity contribution in [2.45, 2.75) is 71.9 Å². The van der Waals surface area contributed by atoms with Crippen molar-refractivity contribution in [1.29, 1.82) is 0 Å². The Kier molecular flexibility index (Phi) is 7.39. The first kappa shape index (κ1) is 15.4. The molecule has 0 saturated carbocycles. The van der Waals surface area contributed by atoms with Gasteiger partial charge in [-0.05, 0) is 40.7 Å². The summed E-state index contributed by atoms with van der Waals surface area (Å²) in [4.78, 5) is 11.7. The molecule has 0 aliphatic heterocycles. The SMILES string of the molecule is CCCCCCNC(C)C(=O)NC(C)(C)C. The third-order valence-electron chi connectivity index (χ3n) is 2.37. The smallest absolute Gasteiger partial charge is 0.237 e. The molecule has 2 N–H and O–H groups in total.